The fourth-order valence-corrected chi connectivity index (χ4v) is 4.47. The summed E-state index contributed by atoms with van der Waals surface area (Å²) in [5.74, 6) is 0.628. The van der Waals surface area contributed by atoms with Crippen LogP contribution in [0, 0.1) is 5.41 Å². The van der Waals surface area contributed by atoms with Crippen molar-refractivity contribution < 1.29 is 0 Å². The molecule has 0 saturated heterocycles. The molecule has 0 radical (unpaired) electrons. The van der Waals surface area contributed by atoms with E-state index in [0.717, 1.165) is 12.0 Å². The Morgan fingerprint density at radius 3 is 2.05 bits per heavy atom. The fourth-order valence-electron chi connectivity index (χ4n) is 4.47. The van der Waals surface area contributed by atoms with Crippen LogP contribution in [-0.4, -0.2) is 12.6 Å². The lowest BCUT2D eigenvalue weighted by Crippen LogP contribution is -2.57. The summed E-state index contributed by atoms with van der Waals surface area (Å²) in [6.07, 6.45) is 7.21. The van der Waals surface area contributed by atoms with Gasteiger partial charge in [-0.05, 0) is 48.1 Å². The maximum atomic E-state index is 3.71. The first-order chi connectivity index (χ1) is 9.95. The van der Waals surface area contributed by atoms with Gasteiger partial charge < -0.3 is 5.32 Å². The Hall–Kier alpha value is -0.820. The molecule has 0 unspecified atom stereocenters. The van der Waals surface area contributed by atoms with Crippen molar-refractivity contribution in [2.75, 3.05) is 6.54 Å². The average molecular weight is 285 g/mol. The minimum absolute atomic E-state index is 0.403. The first-order valence-electron chi connectivity index (χ1n) is 8.79. The second-order valence-electron chi connectivity index (χ2n) is 8.30. The lowest BCUT2D eigenvalue weighted by atomic mass is 9.43. The third kappa shape index (κ3) is 2.77. The molecule has 2 saturated carbocycles. The third-order valence-corrected chi connectivity index (χ3v) is 5.88. The Morgan fingerprint density at radius 1 is 1.00 bits per heavy atom. The van der Waals surface area contributed by atoms with E-state index in [-0.39, 0.29) is 0 Å². The zero-order valence-electron chi connectivity index (χ0n) is 14.2. The highest BCUT2D eigenvalue weighted by molar-refractivity contribution is 5.35. The maximum Gasteiger partial charge on any atom is 0.00884 e. The van der Waals surface area contributed by atoms with Crippen LogP contribution >= 0.6 is 0 Å². The Morgan fingerprint density at radius 2 is 1.62 bits per heavy atom. The van der Waals surface area contributed by atoms with E-state index in [0.29, 0.717) is 17.4 Å². The second-order valence-corrected chi connectivity index (χ2v) is 8.30. The zero-order chi connectivity index (χ0) is 15.1. The predicted octanol–water partition coefficient (Wildman–Crippen LogP) is 5.01. The predicted molar refractivity (Wildman–Crippen MR) is 90.9 cm³/mol. The number of benzene rings is 1. The molecular formula is C20H31N. The van der Waals surface area contributed by atoms with Crippen LogP contribution in [0.5, 0.6) is 0 Å². The van der Waals surface area contributed by atoms with E-state index < -0.39 is 0 Å². The van der Waals surface area contributed by atoms with Crippen molar-refractivity contribution in [3.8, 4) is 0 Å². The van der Waals surface area contributed by atoms with Crippen LogP contribution in [0.4, 0.5) is 0 Å². The zero-order valence-corrected chi connectivity index (χ0v) is 14.2. The lowest BCUT2D eigenvalue weighted by Gasteiger charge is -2.62. The molecule has 2 aliphatic carbocycles. The second kappa shape index (κ2) is 5.43. The highest BCUT2D eigenvalue weighted by Gasteiger charge is 2.57. The van der Waals surface area contributed by atoms with Gasteiger partial charge in [0.25, 0.3) is 0 Å². The molecule has 0 heterocycles. The van der Waals surface area contributed by atoms with E-state index in [1.807, 2.05) is 0 Å². The summed E-state index contributed by atoms with van der Waals surface area (Å²) in [4.78, 5) is 0. The first kappa shape index (κ1) is 15.1. The molecule has 2 fully saturated rings. The molecule has 1 aromatic rings. The van der Waals surface area contributed by atoms with Crippen LogP contribution < -0.4 is 5.32 Å². The van der Waals surface area contributed by atoms with Crippen molar-refractivity contribution in [1.29, 1.82) is 0 Å². The van der Waals surface area contributed by atoms with Crippen LogP contribution in [-0.2, 0) is 5.41 Å². The topological polar surface area (TPSA) is 12.0 Å². The molecule has 1 N–H and O–H groups in total. The van der Waals surface area contributed by atoms with Gasteiger partial charge in [0.2, 0.25) is 0 Å². The summed E-state index contributed by atoms with van der Waals surface area (Å²) >= 11 is 0. The molecule has 0 amide bonds. The van der Waals surface area contributed by atoms with Gasteiger partial charge in [-0.1, -0.05) is 58.4 Å². The Labute approximate surface area is 130 Å². The van der Waals surface area contributed by atoms with Crippen LogP contribution in [0.2, 0.25) is 0 Å². The van der Waals surface area contributed by atoms with Gasteiger partial charge in [-0.3, -0.25) is 0 Å². The molecule has 3 rings (SSSR count). The molecule has 0 aromatic heterocycles. The summed E-state index contributed by atoms with van der Waals surface area (Å²) in [5.41, 5.74) is 4.15. The summed E-state index contributed by atoms with van der Waals surface area (Å²) in [7, 11) is 0. The molecule has 2 aliphatic rings. The summed E-state index contributed by atoms with van der Waals surface area (Å²) in [6.45, 7) is 10.2. The van der Waals surface area contributed by atoms with Gasteiger partial charge in [-0.15, -0.1) is 0 Å². The summed E-state index contributed by atoms with van der Waals surface area (Å²) in [5, 5.41) is 3.71. The Kier molecular flexibility index (Phi) is 3.90. The van der Waals surface area contributed by atoms with Gasteiger partial charge in [0.15, 0.2) is 0 Å². The minimum atomic E-state index is 0.403. The quantitative estimate of drug-likeness (QED) is 0.802. The van der Waals surface area contributed by atoms with E-state index in [1.165, 1.54) is 37.7 Å². The van der Waals surface area contributed by atoms with E-state index in [9.17, 15) is 0 Å². The van der Waals surface area contributed by atoms with E-state index >= 15 is 0 Å². The fraction of sp³-hybridized carbons (Fsp3) is 0.700. The molecule has 0 bridgehead atoms. The molecule has 21 heavy (non-hydrogen) atoms. The summed E-state index contributed by atoms with van der Waals surface area (Å²) in [6, 6.07) is 10.1. The monoisotopic (exact) mass is 285 g/mol. The summed E-state index contributed by atoms with van der Waals surface area (Å²) < 4.78 is 0. The molecule has 1 heteroatoms. The molecule has 1 aromatic carbocycles. The molecule has 0 atom stereocenters. The highest BCUT2D eigenvalue weighted by Crippen LogP contribution is 2.64. The van der Waals surface area contributed by atoms with Crippen LogP contribution in [0.15, 0.2) is 24.3 Å². The number of hydrogen-bond acceptors (Lipinski definition) is 1. The number of nitrogens with one attached hydrogen (secondary N) is 1. The van der Waals surface area contributed by atoms with Gasteiger partial charge in [0.05, 0.1) is 0 Å². The molecule has 1 nitrogen and oxygen atoms in total. The van der Waals surface area contributed by atoms with Gasteiger partial charge in [-0.2, -0.15) is 0 Å². The van der Waals surface area contributed by atoms with Gasteiger partial charge in [0, 0.05) is 18.0 Å². The molecular weight excluding hydrogens is 254 g/mol. The smallest absolute Gasteiger partial charge is 0.00884 e. The first-order valence-corrected chi connectivity index (χ1v) is 8.79. The van der Waals surface area contributed by atoms with Gasteiger partial charge in [-0.25, -0.2) is 0 Å². The highest BCUT2D eigenvalue weighted by atomic mass is 14.9. The van der Waals surface area contributed by atoms with Crippen molar-refractivity contribution in [3.05, 3.63) is 35.4 Å². The normalized spacial score (nSPS) is 22.4. The molecule has 0 aliphatic heterocycles. The van der Waals surface area contributed by atoms with Gasteiger partial charge in [0.1, 0.15) is 0 Å². The van der Waals surface area contributed by atoms with Crippen molar-refractivity contribution in [3.63, 3.8) is 0 Å². The van der Waals surface area contributed by atoms with Crippen molar-refractivity contribution in [2.45, 2.75) is 77.2 Å². The van der Waals surface area contributed by atoms with Crippen molar-refractivity contribution in [1.82, 2.24) is 5.32 Å². The third-order valence-electron chi connectivity index (χ3n) is 5.88. The largest absolute Gasteiger partial charge is 0.314 e. The van der Waals surface area contributed by atoms with Crippen LogP contribution in [0.25, 0.3) is 0 Å². The van der Waals surface area contributed by atoms with E-state index in [2.05, 4.69) is 57.3 Å². The molecule has 1 spiro atoms. The Bertz CT molecular complexity index is 471. The number of hydrogen-bond donors (Lipinski definition) is 1. The van der Waals surface area contributed by atoms with E-state index in [1.54, 1.807) is 5.56 Å². The SMILES string of the molecule is CC(C)NCC1(c2ccc(C(C)C)cc2)CC2(CCC2)C1. The molecule has 116 valence electrons. The van der Waals surface area contributed by atoms with Crippen LogP contribution in [0.1, 0.15) is 76.8 Å². The minimum Gasteiger partial charge on any atom is -0.314 e. The standard InChI is InChI=1S/C20H31N/c1-15(2)17-6-8-18(9-7-17)20(14-21-16(3)4)12-19(13-20)10-5-11-19/h6-9,15-16,21H,5,10-14H2,1-4H3. The van der Waals surface area contributed by atoms with Gasteiger partial charge >= 0.3 is 0 Å². The van der Waals surface area contributed by atoms with E-state index in [4.69, 9.17) is 0 Å². The van der Waals surface area contributed by atoms with Crippen molar-refractivity contribution in [2.24, 2.45) is 5.41 Å². The lowest BCUT2D eigenvalue weighted by molar-refractivity contribution is -0.0489. The maximum absolute atomic E-state index is 3.71. The van der Waals surface area contributed by atoms with Crippen molar-refractivity contribution >= 4 is 0 Å². The number of rotatable bonds is 5. The van der Waals surface area contributed by atoms with Crippen LogP contribution in [0.3, 0.4) is 0 Å². The Balaban J connectivity index is 1.78. The average Bonchev–Trinajstić information content (AvgIpc) is 2.36.